The van der Waals surface area contributed by atoms with Crippen LogP contribution < -0.4 is 20.1 Å². The van der Waals surface area contributed by atoms with Gasteiger partial charge in [-0.3, -0.25) is 4.98 Å². The molecule has 4 rings (SSSR count). The quantitative estimate of drug-likeness (QED) is 0.669. The second-order valence-corrected chi connectivity index (χ2v) is 8.10. The molecular formula is C20H17N3O5S. The lowest BCUT2D eigenvalue weighted by Gasteiger charge is -2.10. The highest BCUT2D eigenvalue weighted by Gasteiger charge is 2.27. The molecule has 0 unspecified atom stereocenters. The summed E-state index contributed by atoms with van der Waals surface area (Å²) in [5, 5.41) is 5.37. The fourth-order valence-corrected chi connectivity index (χ4v) is 4.23. The van der Waals surface area contributed by atoms with Crippen molar-refractivity contribution < 1.29 is 22.7 Å². The Morgan fingerprint density at radius 2 is 1.86 bits per heavy atom. The van der Waals surface area contributed by atoms with Crippen molar-refractivity contribution >= 4 is 21.6 Å². The summed E-state index contributed by atoms with van der Waals surface area (Å²) < 4.78 is 36.4. The molecule has 2 heterocycles. The van der Waals surface area contributed by atoms with Gasteiger partial charge in [-0.25, -0.2) is 13.2 Å². The zero-order valence-electron chi connectivity index (χ0n) is 15.2. The normalized spacial score (nSPS) is 12.4. The molecule has 0 radical (unpaired) electrons. The Balaban J connectivity index is 1.45. The summed E-state index contributed by atoms with van der Waals surface area (Å²) in [6.07, 6.45) is 3.32. The van der Waals surface area contributed by atoms with Gasteiger partial charge in [0.15, 0.2) is 11.5 Å². The van der Waals surface area contributed by atoms with Crippen LogP contribution in [-0.4, -0.2) is 26.2 Å². The molecule has 2 aromatic carbocycles. The van der Waals surface area contributed by atoms with Gasteiger partial charge in [-0.05, 0) is 48.0 Å². The van der Waals surface area contributed by atoms with Crippen molar-refractivity contribution in [2.24, 2.45) is 0 Å². The number of fused-ring (bicyclic) bond motifs is 1. The summed E-state index contributed by atoms with van der Waals surface area (Å²) in [5.74, 6) is 0.610. The van der Waals surface area contributed by atoms with Crippen molar-refractivity contribution in [2.45, 2.75) is 16.3 Å². The Bertz CT molecular complexity index is 1130. The van der Waals surface area contributed by atoms with Gasteiger partial charge in [-0.2, -0.15) is 0 Å². The van der Waals surface area contributed by atoms with Gasteiger partial charge in [0, 0.05) is 24.6 Å². The number of ether oxygens (including phenoxy) is 2. The number of hydrogen-bond acceptors (Lipinski definition) is 6. The standard InChI is InChI=1S/C20H17N3O5S/c24-20(22-12-14-3-2-10-21-11-14)23-15-6-8-16(9-7-15)29(25,26)18-5-1-4-17-19(18)28-13-27-17/h1-11H,12-13H2,(H2,22,23,24). The molecule has 0 atom stereocenters. The maximum atomic E-state index is 12.9. The fraction of sp³-hybridized carbons (Fsp3) is 0.100. The minimum absolute atomic E-state index is 0.0150. The van der Waals surface area contributed by atoms with Crippen molar-refractivity contribution in [3.8, 4) is 11.5 Å². The average Bonchev–Trinajstić information content (AvgIpc) is 3.22. The van der Waals surface area contributed by atoms with Gasteiger partial charge in [0.1, 0.15) is 4.90 Å². The van der Waals surface area contributed by atoms with Crippen LogP contribution in [0.15, 0.2) is 76.8 Å². The molecule has 2 N–H and O–H groups in total. The van der Waals surface area contributed by atoms with Gasteiger partial charge in [0.2, 0.25) is 16.6 Å². The molecule has 1 aromatic heterocycles. The summed E-state index contributed by atoms with van der Waals surface area (Å²) >= 11 is 0. The third-order valence-electron chi connectivity index (χ3n) is 4.25. The first-order valence-electron chi connectivity index (χ1n) is 8.71. The number of benzene rings is 2. The van der Waals surface area contributed by atoms with Crippen molar-refractivity contribution in [1.82, 2.24) is 10.3 Å². The van der Waals surface area contributed by atoms with E-state index in [0.29, 0.717) is 18.0 Å². The van der Waals surface area contributed by atoms with Crippen LogP contribution in [-0.2, 0) is 16.4 Å². The Labute approximate surface area is 167 Å². The number of para-hydroxylation sites is 1. The Morgan fingerprint density at radius 1 is 1.03 bits per heavy atom. The molecule has 0 bridgehead atoms. The van der Waals surface area contributed by atoms with E-state index in [1.54, 1.807) is 30.6 Å². The molecule has 1 aliphatic heterocycles. The maximum Gasteiger partial charge on any atom is 0.319 e. The van der Waals surface area contributed by atoms with E-state index in [-0.39, 0.29) is 22.3 Å². The lowest BCUT2D eigenvalue weighted by atomic mass is 10.3. The summed E-state index contributed by atoms with van der Waals surface area (Å²) in [5.41, 5.74) is 1.33. The van der Waals surface area contributed by atoms with Crippen LogP contribution in [0.1, 0.15) is 5.56 Å². The van der Waals surface area contributed by atoms with Gasteiger partial charge in [0.05, 0.1) is 4.90 Å². The Morgan fingerprint density at radius 3 is 2.62 bits per heavy atom. The topological polar surface area (TPSA) is 107 Å². The number of anilines is 1. The molecule has 3 aromatic rings. The monoisotopic (exact) mass is 411 g/mol. The second kappa shape index (κ2) is 7.80. The van der Waals surface area contributed by atoms with E-state index in [1.165, 1.54) is 30.3 Å². The van der Waals surface area contributed by atoms with Crippen LogP contribution in [0.5, 0.6) is 11.5 Å². The minimum atomic E-state index is -3.80. The van der Waals surface area contributed by atoms with E-state index < -0.39 is 15.9 Å². The van der Waals surface area contributed by atoms with E-state index in [9.17, 15) is 13.2 Å². The summed E-state index contributed by atoms with van der Waals surface area (Å²) in [6, 6.07) is 13.9. The Kier molecular flexibility index (Phi) is 5.05. The number of hydrogen-bond donors (Lipinski definition) is 2. The number of amides is 2. The molecule has 0 saturated carbocycles. The number of urea groups is 1. The van der Waals surface area contributed by atoms with Crippen molar-refractivity contribution in [2.75, 3.05) is 12.1 Å². The number of carbonyl (C=O) groups is 1. The molecule has 2 amide bonds. The number of nitrogens with zero attached hydrogens (tertiary/aromatic N) is 1. The van der Waals surface area contributed by atoms with Crippen LogP contribution in [0.3, 0.4) is 0 Å². The predicted molar refractivity (Wildman–Crippen MR) is 105 cm³/mol. The fourth-order valence-electron chi connectivity index (χ4n) is 2.82. The SMILES string of the molecule is O=C(NCc1cccnc1)Nc1ccc(S(=O)(=O)c2cccc3c2OCO3)cc1. The van der Waals surface area contributed by atoms with Crippen molar-refractivity contribution in [1.29, 1.82) is 0 Å². The molecule has 0 aliphatic carbocycles. The second-order valence-electron chi connectivity index (χ2n) is 6.19. The highest BCUT2D eigenvalue weighted by molar-refractivity contribution is 7.91. The van der Waals surface area contributed by atoms with E-state index in [1.807, 2.05) is 6.07 Å². The molecule has 8 nitrogen and oxygen atoms in total. The molecule has 0 fully saturated rings. The largest absolute Gasteiger partial charge is 0.454 e. The smallest absolute Gasteiger partial charge is 0.319 e. The molecule has 29 heavy (non-hydrogen) atoms. The van der Waals surface area contributed by atoms with Crippen LogP contribution in [0.2, 0.25) is 0 Å². The number of rotatable bonds is 5. The minimum Gasteiger partial charge on any atom is -0.454 e. The van der Waals surface area contributed by atoms with Gasteiger partial charge in [-0.15, -0.1) is 0 Å². The molecule has 0 saturated heterocycles. The van der Waals surface area contributed by atoms with E-state index >= 15 is 0 Å². The van der Waals surface area contributed by atoms with Crippen LogP contribution in [0.25, 0.3) is 0 Å². The lowest BCUT2D eigenvalue weighted by molar-refractivity contribution is 0.172. The number of aromatic nitrogens is 1. The molecule has 0 spiro atoms. The number of sulfone groups is 1. The first kappa shape index (κ1) is 18.8. The zero-order chi connectivity index (χ0) is 20.3. The number of nitrogens with one attached hydrogen (secondary N) is 2. The van der Waals surface area contributed by atoms with Gasteiger partial charge < -0.3 is 20.1 Å². The highest BCUT2D eigenvalue weighted by atomic mass is 32.2. The molecular weight excluding hydrogens is 394 g/mol. The predicted octanol–water partition coefficient (Wildman–Crippen LogP) is 2.96. The van der Waals surface area contributed by atoms with Gasteiger partial charge >= 0.3 is 6.03 Å². The van der Waals surface area contributed by atoms with Gasteiger partial charge in [0.25, 0.3) is 0 Å². The third kappa shape index (κ3) is 3.99. The van der Waals surface area contributed by atoms with Crippen LogP contribution in [0, 0.1) is 0 Å². The number of carbonyl (C=O) groups excluding carboxylic acids is 1. The van der Waals surface area contributed by atoms with Crippen LogP contribution >= 0.6 is 0 Å². The molecule has 148 valence electrons. The van der Waals surface area contributed by atoms with E-state index in [4.69, 9.17) is 9.47 Å². The first-order valence-corrected chi connectivity index (χ1v) is 10.2. The van der Waals surface area contributed by atoms with Crippen LogP contribution in [0.4, 0.5) is 10.5 Å². The van der Waals surface area contributed by atoms with E-state index in [0.717, 1.165) is 5.56 Å². The number of pyridine rings is 1. The molecule has 9 heteroatoms. The third-order valence-corrected chi connectivity index (χ3v) is 6.04. The first-order chi connectivity index (χ1) is 14.0. The van der Waals surface area contributed by atoms with Gasteiger partial charge in [-0.1, -0.05) is 12.1 Å². The summed E-state index contributed by atoms with van der Waals surface area (Å²) in [7, 11) is -3.80. The zero-order valence-corrected chi connectivity index (χ0v) is 16.0. The molecule has 1 aliphatic rings. The maximum absolute atomic E-state index is 12.9. The summed E-state index contributed by atoms with van der Waals surface area (Å²) in [4.78, 5) is 16.1. The highest BCUT2D eigenvalue weighted by Crippen LogP contribution is 2.40. The lowest BCUT2D eigenvalue weighted by Crippen LogP contribution is -2.28. The van der Waals surface area contributed by atoms with Crippen molar-refractivity contribution in [3.05, 3.63) is 72.6 Å². The van der Waals surface area contributed by atoms with E-state index in [2.05, 4.69) is 15.6 Å². The average molecular weight is 411 g/mol. The Hall–Kier alpha value is -3.59. The summed E-state index contributed by atoms with van der Waals surface area (Å²) in [6.45, 7) is 0.312. The van der Waals surface area contributed by atoms with Crippen molar-refractivity contribution in [3.63, 3.8) is 0 Å².